The molecule has 116 valence electrons. The first-order valence-corrected chi connectivity index (χ1v) is 7.67. The summed E-state index contributed by atoms with van der Waals surface area (Å²) in [6.45, 7) is 3.89. The topological polar surface area (TPSA) is 80.4 Å². The lowest BCUT2D eigenvalue weighted by Crippen LogP contribution is -2.31. The molecule has 0 aliphatic heterocycles. The molecule has 20 heavy (non-hydrogen) atoms. The zero-order valence-electron chi connectivity index (χ0n) is 12.8. The number of carbonyl (C=O) groups is 2. The van der Waals surface area contributed by atoms with Gasteiger partial charge in [-0.3, -0.25) is 9.59 Å². The number of carboxylic acid groups (broad SMARTS) is 1. The maximum Gasteiger partial charge on any atom is 0.314 e. The maximum absolute atomic E-state index is 11.6. The lowest BCUT2D eigenvalue weighted by atomic mass is 9.93. The summed E-state index contributed by atoms with van der Waals surface area (Å²) >= 11 is 0. The van der Waals surface area contributed by atoms with Gasteiger partial charge in [-0.25, -0.2) is 0 Å². The molecule has 3 N–H and O–H groups in total. The van der Waals surface area contributed by atoms with Crippen LogP contribution in [0.5, 0.6) is 0 Å². The minimum Gasteiger partial charge on any atom is -0.481 e. The zero-order chi connectivity index (χ0) is 15.4. The van der Waals surface area contributed by atoms with Crippen molar-refractivity contribution in [2.24, 2.45) is 11.7 Å². The van der Waals surface area contributed by atoms with Gasteiger partial charge in [0.15, 0.2) is 5.78 Å². The van der Waals surface area contributed by atoms with E-state index in [-0.39, 0.29) is 18.2 Å². The molecule has 2 atom stereocenters. The second-order valence-corrected chi connectivity index (χ2v) is 5.35. The van der Waals surface area contributed by atoms with Crippen LogP contribution in [-0.4, -0.2) is 22.9 Å². The normalized spacial score (nSPS) is 14.3. The van der Waals surface area contributed by atoms with Crippen molar-refractivity contribution in [2.75, 3.05) is 0 Å². The molecule has 0 heterocycles. The fourth-order valence-corrected chi connectivity index (χ4v) is 2.23. The third kappa shape index (κ3) is 8.86. The second kappa shape index (κ2) is 11.6. The first-order chi connectivity index (χ1) is 9.52. The summed E-state index contributed by atoms with van der Waals surface area (Å²) in [6, 6.07) is -0.212. The molecule has 0 aromatic heterocycles. The third-order valence-electron chi connectivity index (χ3n) is 3.44. The van der Waals surface area contributed by atoms with Crippen LogP contribution in [0.3, 0.4) is 0 Å². The number of hydrogen-bond donors (Lipinski definition) is 2. The van der Waals surface area contributed by atoms with Crippen molar-refractivity contribution in [2.45, 2.75) is 71.3 Å². The van der Waals surface area contributed by atoms with Gasteiger partial charge in [-0.05, 0) is 25.8 Å². The van der Waals surface area contributed by atoms with Crippen LogP contribution in [0.15, 0.2) is 12.2 Å². The molecule has 0 aromatic carbocycles. The molecular weight excluding hydrogens is 254 g/mol. The highest BCUT2D eigenvalue weighted by molar-refractivity contribution is 6.04. The predicted molar refractivity (Wildman–Crippen MR) is 81.5 cm³/mol. The molecular formula is C16H29NO3. The Morgan fingerprint density at radius 1 is 1.15 bits per heavy atom. The summed E-state index contributed by atoms with van der Waals surface area (Å²) in [6.07, 6.45) is 11.0. The zero-order valence-corrected chi connectivity index (χ0v) is 12.8. The highest BCUT2D eigenvalue weighted by atomic mass is 16.4. The summed E-state index contributed by atoms with van der Waals surface area (Å²) in [5, 5.41) is 9.08. The summed E-state index contributed by atoms with van der Waals surface area (Å²) in [5.74, 6) is -2.44. The van der Waals surface area contributed by atoms with E-state index in [1.807, 2.05) is 0 Å². The Bertz CT molecular complexity index is 313. The predicted octanol–water partition coefficient (Wildman–Crippen LogP) is 3.30. The molecule has 2 unspecified atom stereocenters. The van der Waals surface area contributed by atoms with Gasteiger partial charge in [0.1, 0.15) is 5.92 Å². The van der Waals surface area contributed by atoms with E-state index in [4.69, 9.17) is 10.8 Å². The van der Waals surface area contributed by atoms with Crippen molar-refractivity contribution in [1.29, 1.82) is 0 Å². The van der Waals surface area contributed by atoms with Gasteiger partial charge in [-0.2, -0.15) is 0 Å². The molecule has 0 aromatic rings. The Hall–Kier alpha value is -1.16. The fraction of sp³-hybridized carbons (Fsp3) is 0.750. The Balaban J connectivity index is 3.99. The van der Waals surface area contributed by atoms with Crippen LogP contribution < -0.4 is 5.73 Å². The molecule has 4 heteroatoms. The largest absolute Gasteiger partial charge is 0.481 e. The van der Waals surface area contributed by atoms with Crippen molar-refractivity contribution in [3.8, 4) is 0 Å². The van der Waals surface area contributed by atoms with Crippen molar-refractivity contribution in [3.05, 3.63) is 12.2 Å². The average Bonchev–Trinajstić information content (AvgIpc) is 2.39. The maximum atomic E-state index is 11.6. The van der Waals surface area contributed by atoms with E-state index in [9.17, 15) is 9.59 Å². The molecule has 0 aliphatic carbocycles. The van der Waals surface area contributed by atoms with Gasteiger partial charge < -0.3 is 10.8 Å². The van der Waals surface area contributed by atoms with Crippen molar-refractivity contribution < 1.29 is 14.7 Å². The van der Waals surface area contributed by atoms with E-state index in [0.717, 1.165) is 19.3 Å². The molecule has 0 radical (unpaired) electrons. The number of rotatable bonds is 12. The number of carbonyl (C=O) groups excluding carboxylic acids is 1. The molecule has 0 rings (SSSR count). The first-order valence-electron chi connectivity index (χ1n) is 7.67. The van der Waals surface area contributed by atoms with Crippen molar-refractivity contribution >= 4 is 11.8 Å². The average molecular weight is 283 g/mol. The minimum atomic E-state index is -1.08. The van der Waals surface area contributed by atoms with Gasteiger partial charge in [0, 0.05) is 6.04 Å². The number of hydrogen-bond acceptors (Lipinski definition) is 3. The first kappa shape index (κ1) is 18.8. The van der Waals surface area contributed by atoms with E-state index >= 15 is 0 Å². The molecule has 0 spiro atoms. The van der Waals surface area contributed by atoms with Gasteiger partial charge in [-0.1, -0.05) is 51.5 Å². The van der Waals surface area contributed by atoms with E-state index < -0.39 is 11.9 Å². The van der Waals surface area contributed by atoms with Crippen LogP contribution in [-0.2, 0) is 9.59 Å². The quantitative estimate of drug-likeness (QED) is 0.327. The highest BCUT2D eigenvalue weighted by Crippen LogP contribution is 2.14. The SMILES string of the molecule is CC=CC(=O)C(CC(N)CCCCCCCC)C(=O)O. The number of ketones is 1. The smallest absolute Gasteiger partial charge is 0.314 e. The summed E-state index contributed by atoms with van der Waals surface area (Å²) in [4.78, 5) is 22.7. The van der Waals surface area contributed by atoms with Crippen LogP contribution >= 0.6 is 0 Å². The van der Waals surface area contributed by atoms with Crippen LogP contribution in [0.4, 0.5) is 0 Å². The van der Waals surface area contributed by atoms with Crippen LogP contribution in [0.1, 0.15) is 65.2 Å². The van der Waals surface area contributed by atoms with E-state index in [1.54, 1.807) is 13.0 Å². The Morgan fingerprint density at radius 3 is 2.30 bits per heavy atom. The summed E-state index contributed by atoms with van der Waals surface area (Å²) < 4.78 is 0. The van der Waals surface area contributed by atoms with Gasteiger partial charge in [0.25, 0.3) is 0 Å². The molecule has 0 bridgehead atoms. The number of allylic oxidation sites excluding steroid dienone is 2. The van der Waals surface area contributed by atoms with E-state index in [2.05, 4.69) is 6.92 Å². The molecule has 0 saturated carbocycles. The number of aliphatic carboxylic acids is 1. The van der Waals surface area contributed by atoms with Gasteiger partial charge in [0.05, 0.1) is 0 Å². The van der Waals surface area contributed by atoms with Gasteiger partial charge in [0.2, 0.25) is 0 Å². The monoisotopic (exact) mass is 283 g/mol. The molecule has 0 amide bonds. The summed E-state index contributed by atoms with van der Waals surface area (Å²) in [7, 11) is 0. The number of carboxylic acids is 1. The highest BCUT2D eigenvalue weighted by Gasteiger charge is 2.26. The van der Waals surface area contributed by atoms with Crippen LogP contribution in [0.25, 0.3) is 0 Å². The molecule has 0 fully saturated rings. The van der Waals surface area contributed by atoms with Crippen LogP contribution in [0, 0.1) is 5.92 Å². The second-order valence-electron chi connectivity index (χ2n) is 5.35. The van der Waals surface area contributed by atoms with E-state index in [0.29, 0.717) is 0 Å². The van der Waals surface area contributed by atoms with Crippen LogP contribution in [0.2, 0.25) is 0 Å². The molecule has 0 aliphatic rings. The molecule has 4 nitrogen and oxygen atoms in total. The standard InChI is InChI=1S/C16H29NO3/c1-3-5-6-7-8-9-11-13(17)12-14(16(19)20)15(18)10-4-2/h4,10,13-14H,3,5-9,11-12,17H2,1-2H3,(H,19,20). The lowest BCUT2D eigenvalue weighted by molar-refractivity contribution is -0.145. The Morgan fingerprint density at radius 2 is 1.75 bits per heavy atom. The van der Waals surface area contributed by atoms with Crippen molar-refractivity contribution in [1.82, 2.24) is 0 Å². The van der Waals surface area contributed by atoms with Gasteiger partial charge >= 0.3 is 5.97 Å². The minimum absolute atomic E-state index is 0.212. The Kier molecular flexibility index (Phi) is 11.0. The Labute approximate surface area is 122 Å². The number of nitrogens with two attached hydrogens (primary N) is 1. The molecule has 0 saturated heterocycles. The summed E-state index contributed by atoms with van der Waals surface area (Å²) in [5.41, 5.74) is 5.95. The van der Waals surface area contributed by atoms with Crippen molar-refractivity contribution in [3.63, 3.8) is 0 Å². The lowest BCUT2D eigenvalue weighted by Gasteiger charge is -2.15. The van der Waals surface area contributed by atoms with E-state index in [1.165, 1.54) is 31.8 Å². The third-order valence-corrected chi connectivity index (χ3v) is 3.44. The number of unbranched alkanes of at least 4 members (excludes halogenated alkanes) is 5. The van der Waals surface area contributed by atoms with Gasteiger partial charge in [-0.15, -0.1) is 0 Å². The fourth-order valence-electron chi connectivity index (χ4n) is 2.23.